The summed E-state index contributed by atoms with van der Waals surface area (Å²) >= 11 is 0. The molecule has 0 unspecified atom stereocenters. The first kappa shape index (κ1) is 10.1. The molecule has 13 heavy (non-hydrogen) atoms. The zero-order valence-corrected chi connectivity index (χ0v) is 8.62. The van der Waals surface area contributed by atoms with Gasteiger partial charge in [0.2, 0.25) is 0 Å². The van der Waals surface area contributed by atoms with Crippen LogP contribution in [-0.2, 0) is 13.1 Å². The highest BCUT2D eigenvalue weighted by atomic mass is 15.2. The summed E-state index contributed by atoms with van der Waals surface area (Å²) in [5.41, 5.74) is 6.89. The minimum atomic E-state index is 0.613. The Kier molecular flexibility index (Phi) is 3.31. The van der Waals surface area contributed by atoms with Crippen LogP contribution in [0, 0.1) is 0 Å². The van der Waals surface area contributed by atoms with Crippen molar-refractivity contribution in [1.82, 2.24) is 14.5 Å². The molecule has 0 amide bonds. The summed E-state index contributed by atoms with van der Waals surface area (Å²) in [4.78, 5) is 6.31. The highest BCUT2D eigenvalue weighted by Gasteiger charge is 2.06. The summed E-state index contributed by atoms with van der Waals surface area (Å²) < 4.78 is 2.03. The third-order valence-corrected chi connectivity index (χ3v) is 2.26. The lowest BCUT2D eigenvalue weighted by molar-refractivity contribution is 0.336. The van der Waals surface area contributed by atoms with Crippen LogP contribution in [0.3, 0.4) is 0 Å². The molecular weight excluding hydrogens is 164 g/mol. The van der Waals surface area contributed by atoms with E-state index < -0.39 is 0 Å². The van der Waals surface area contributed by atoms with Crippen molar-refractivity contribution in [1.29, 1.82) is 0 Å². The fourth-order valence-electron chi connectivity index (χ4n) is 1.31. The molecule has 1 heterocycles. The van der Waals surface area contributed by atoms with Crippen molar-refractivity contribution in [3.63, 3.8) is 0 Å². The molecule has 0 aromatic carbocycles. The molecule has 4 heteroatoms. The average Bonchev–Trinajstić information content (AvgIpc) is 2.46. The Morgan fingerprint density at radius 2 is 2.23 bits per heavy atom. The zero-order chi connectivity index (χ0) is 9.84. The van der Waals surface area contributed by atoms with E-state index in [0.29, 0.717) is 5.95 Å². The van der Waals surface area contributed by atoms with Gasteiger partial charge in [0.25, 0.3) is 0 Å². The van der Waals surface area contributed by atoms with E-state index in [1.54, 1.807) is 0 Å². The largest absolute Gasteiger partial charge is 0.369 e. The fraction of sp³-hybridized carbons (Fsp3) is 0.667. The van der Waals surface area contributed by atoms with Crippen LogP contribution in [0.15, 0.2) is 6.20 Å². The topological polar surface area (TPSA) is 47.1 Å². The number of rotatable bonds is 4. The fourth-order valence-corrected chi connectivity index (χ4v) is 1.31. The standard InChI is InChI=1S/C9H18N4/c1-4-12(3)7-8-6-11-9(10)13(8)5-2/h6H,4-5,7H2,1-3H3,(H2,10,11). The molecule has 0 aliphatic heterocycles. The summed E-state index contributed by atoms with van der Waals surface area (Å²) in [7, 11) is 2.09. The number of aromatic nitrogens is 2. The van der Waals surface area contributed by atoms with E-state index in [-0.39, 0.29) is 0 Å². The summed E-state index contributed by atoms with van der Waals surface area (Å²) in [5.74, 6) is 0.613. The van der Waals surface area contributed by atoms with Crippen molar-refractivity contribution in [2.75, 3.05) is 19.3 Å². The van der Waals surface area contributed by atoms with Gasteiger partial charge in [-0.3, -0.25) is 0 Å². The Morgan fingerprint density at radius 1 is 1.54 bits per heavy atom. The smallest absolute Gasteiger partial charge is 0.200 e. The van der Waals surface area contributed by atoms with Gasteiger partial charge in [0.15, 0.2) is 5.95 Å². The Balaban J connectivity index is 2.76. The Hall–Kier alpha value is -1.03. The lowest BCUT2D eigenvalue weighted by Gasteiger charge is -2.14. The molecule has 0 saturated carbocycles. The van der Waals surface area contributed by atoms with E-state index in [1.807, 2.05) is 10.8 Å². The molecule has 0 bridgehead atoms. The van der Waals surface area contributed by atoms with Crippen LogP contribution in [-0.4, -0.2) is 28.0 Å². The van der Waals surface area contributed by atoms with Gasteiger partial charge in [-0.2, -0.15) is 0 Å². The van der Waals surface area contributed by atoms with Crippen LogP contribution in [0.25, 0.3) is 0 Å². The minimum Gasteiger partial charge on any atom is -0.369 e. The third kappa shape index (κ3) is 2.21. The molecule has 1 rings (SSSR count). The second-order valence-corrected chi connectivity index (χ2v) is 3.18. The SMILES string of the molecule is CCN(C)Cc1cnc(N)n1CC. The molecule has 74 valence electrons. The number of nitrogens with two attached hydrogens (primary N) is 1. The first-order valence-corrected chi connectivity index (χ1v) is 4.67. The molecule has 2 N–H and O–H groups in total. The molecule has 0 aliphatic rings. The van der Waals surface area contributed by atoms with Crippen molar-refractivity contribution in [2.24, 2.45) is 0 Å². The molecule has 0 saturated heterocycles. The highest BCUT2D eigenvalue weighted by Crippen LogP contribution is 2.08. The summed E-state index contributed by atoms with van der Waals surface area (Å²) in [6.07, 6.45) is 1.85. The maximum absolute atomic E-state index is 5.70. The van der Waals surface area contributed by atoms with E-state index in [0.717, 1.165) is 19.6 Å². The normalized spacial score (nSPS) is 11.1. The molecule has 0 radical (unpaired) electrons. The monoisotopic (exact) mass is 182 g/mol. The van der Waals surface area contributed by atoms with Gasteiger partial charge in [0.05, 0.1) is 11.9 Å². The van der Waals surface area contributed by atoms with Crippen LogP contribution >= 0.6 is 0 Å². The van der Waals surface area contributed by atoms with Gasteiger partial charge in [0.1, 0.15) is 0 Å². The van der Waals surface area contributed by atoms with Gasteiger partial charge in [-0.1, -0.05) is 6.92 Å². The van der Waals surface area contributed by atoms with Gasteiger partial charge in [-0.05, 0) is 20.5 Å². The van der Waals surface area contributed by atoms with Crippen LogP contribution < -0.4 is 5.73 Å². The van der Waals surface area contributed by atoms with E-state index in [1.165, 1.54) is 5.69 Å². The van der Waals surface area contributed by atoms with E-state index in [9.17, 15) is 0 Å². The Bertz CT molecular complexity index is 267. The van der Waals surface area contributed by atoms with Crippen molar-refractivity contribution in [3.8, 4) is 0 Å². The van der Waals surface area contributed by atoms with Gasteiger partial charge >= 0.3 is 0 Å². The maximum Gasteiger partial charge on any atom is 0.200 e. The minimum absolute atomic E-state index is 0.613. The Labute approximate surface area is 79.4 Å². The van der Waals surface area contributed by atoms with E-state index >= 15 is 0 Å². The van der Waals surface area contributed by atoms with E-state index in [2.05, 4.69) is 30.8 Å². The van der Waals surface area contributed by atoms with Crippen LogP contribution in [0.5, 0.6) is 0 Å². The molecule has 4 nitrogen and oxygen atoms in total. The molecule has 1 aromatic heterocycles. The van der Waals surface area contributed by atoms with Crippen molar-refractivity contribution in [2.45, 2.75) is 26.9 Å². The average molecular weight is 182 g/mol. The predicted molar refractivity (Wildman–Crippen MR) is 54.3 cm³/mol. The molecule has 0 spiro atoms. The first-order valence-electron chi connectivity index (χ1n) is 4.67. The molecule has 0 aliphatic carbocycles. The van der Waals surface area contributed by atoms with Crippen LogP contribution in [0.1, 0.15) is 19.5 Å². The van der Waals surface area contributed by atoms with Crippen LogP contribution in [0.4, 0.5) is 5.95 Å². The number of hydrogen-bond donors (Lipinski definition) is 1. The summed E-state index contributed by atoms with van der Waals surface area (Å²) in [5, 5.41) is 0. The van der Waals surface area contributed by atoms with E-state index in [4.69, 9.17) is 5.73 Å². The van der Waals surface area contributed by atoms with Gasteiger partial charge in [0, 0.05) is 13.1 Å². The molecular formula is C9H18N4. The first-order chi connectivity index (χ1) is 6.19. The Morgan fingerprint density at radius 3 is 2.77 bits per heavy atom. The summed E-state index contributed by atoms with van der Waals surface area (Å²) in [6.45, 7) is 7.05. The highest BCUT2D eigenvalue weighted by molar-refractivity contribution is 5.22. The number of nitrogen functional groups attached to an aromatic ring is 1. The van der Waals surface area contributed by atoms with Gasteiger partial charge in [-0.25, -0.2) is 4.98 Å². The molecule has 1 aromatic rings. The lowest BCUT2D eigenvalue weighted by atomic mass is 10.4. The van der Waals surface area contributed by atoms with Gasteiger partial charge in [-0.15, -0.1) is 0 Å². The van der Waals surface area contributed by atoms with Gasteiger partial charge < -0.3 is 15.2 Å². The summed E-state index contributed by atoms with van der Waals surface area (Å²) in [6, 6.07) is 0. The molecule has 0 atom stereocenters. The number of imidazole rings is 1. The molecule has 0 fully saturated rings. The number of hydrogen-bond acceptors (Lipinski definition) is 3. The maximum atomic E-state index is 5.70. The third-order valence-electron chi connectivity index (χ3n) is 2.26. The van der Waals surface area contributed by atoms with Crippen molar-refractivity contribution >= 4 is 5.95 Å². The zero-order valence-electron chi connectivity index (χ0n) is 8.62. The predicted octanol–water partition coefficient (Wildman–Crippen LogP) is 0.937. The number of anilines is 1. The lowest BCUT2D eigenvalue weighted by Crippen LogP contribution is -2.19. The van der Waals surface area contributed by atoms with Crippen molar-refractivity contribution in [3.05, 3.63) is 11.9 Å². The second kappa shape index (κ2) is 4.28. The quantitative estimate of drug-likeness (QED) is 0.753. The van der Waals surface area contributed by atoms with Crippen LogP contribution in [0.2, 0.25) is 0 Å². The second-order valence-electron chi connectivity index (χ2n) is 3.18. The number of nitrogens with zero attached hydrogens (tertiary/aromatic N) is 3. The van der Waals surface area contributed by atoms with Crippen molar-refractivity contribution < 1.29 is 0 Å².